The number of hydrogen-bond donors (Lipinski definition) is 1. The summed E-state index contributed by atoms with van der Waals surface area (Å²) in [7, 11) is 3.78. The summed E-state index contributed by atoms with van der Waals surface area (Å²) in [6, 6.07) is 9.38. The average molecular weight is 410 g/mol. The zero-order valence-electron chi connectivity index (χ0n) is 17.4. The molecule has 1 aromatic carbocycles. The van der Waals surface area contributed by atoms with Crippen molar-refractivity contribution in [2.75, 3.05) is 33.8 Å². The maximum Gasteiger partial charge on any atom is 0.295 e. The van der Waals surface area contributed by atoms with Crippen LogP contribution in [0.2, 0.25) is 0 Å². The van der Waals surface area contributed by atoms with Gasteiger partial charge in [0.2, 0.25) is 0 Å². The van der Waals surface area contributed by atoms with Gasteiger partial charge in [-0.05, 0) is 57.4 Å². The van der Waals surface area contributed by atoms with Gasteiger partial charge in [-0.15, -0.1) is 0 Å². The summed E-state index contributed by atoms with van der Waals surface area (Å²) in [4.78, 5) is 29.0. The van der Waals surface area contributed by atoms with Crippen LogP contribution >= 0.6 is 0 Å². The molecule has 1 saturated heterocycles. The topological polar surface area (TPSA) is 83.2 Å². The van der Waals surface area contributed by atoms with Crippen molar-refractivity contribution < 1.29 is 23.8 Å². The van der Waals surface area contributed by atoms with E-state index in [9.17, 15) is 14.7 Å². The minimum Gasteiger partial charge on any atom is -0.507 e. The Hall–Kier alpha value is -3.32. The Morgan fingerprint density at radius 1 is 1.23 bits per heavy atom. The number of aliphatic hydroxyl groups is 1. The monoisotopic (exact) mass is 410 g/mol. The van der Waals surface area contributed by atoms with Gasteiger partial charge in [-0.1, -0.05) is 12.7 Å². The lowest BCUT2D eigenvalue weighted by Gasteiger charge is -2.24. The molecule has 30 heavy (non-hydrogen) atoms. The molecule has 1 atom stereocenters. The number of aliphatic hydroxyl groups excluding tert-OH is 1. The van der Waals surface area contributed by atoms with Crippen LogP contribution in [0.25, 0.3) is 5.76 Å². The molecule has 1 amide bonds. The van der Waals surface area contributed by atoms with Crippen molar-refractivity contribution in [3.05, 3.63) is 71.7 Å². The number of likely N-dealkylation sites (tertiary alicyclic amines) is 1. The van der Waals surface area contributed by atoms with E-state index in [4.69, 9.17) is 9.15 Å². The molecular weight excluding hydrogens is 384 g/mol. The predicted octanol–water partition coefficient (Wildman–Crippen LogP) is 3.14. The molecule has 7 heteroatoms. The van der Waals surface area contributed by atoms with E-state index in [0.717, 1.165) is 0 Å². The van der Waals surface area contributed by atoms with Crippen LogP contribution in [0.5, 0.6) is 5.75 Å². The van der Waals surface area contributed by atoms with Crippen molar-refractivity contribution in [3.8, 4) is 5.75 Å². The van der Waals surface area contributed by atoms with Gasteiger partial charge in [0.15, 0.2) is 0 Å². The molecule has 1 N–H and O–H groups in total. The number of ether oxygens (including phenoxy) is 1. The second-order valence-electron chi connectivity index (χ2n) is 7.37. The van der Waals surface area contributed by atoms with Crippen molar-refractivity contribution in [3.63, 3.8) is 0 Å². The van der Waals surface area contributed by atoms with Crippen LogP contribution in [0.3, 0.4) is 0 Å². The molecule has 0 spiro atoms. The lowest BCUT2D eigenvalue weighted by atomic mass is 9.99. The first-order chi connectivity index (χ1) is 14.3. The number of hydrogen-bond acceptors (Lipinski definition) is 6. The predicted molar refractivity (Wildman–Crippen MR) is 113 cm³/mol. The van der Waals surface area contributed by atoms with Gasteiger partial charge >= 0.3 is 0 Å². The highest BCUT2D eigenvalue weighted by atomic mass is 16.5. The summed E-state index contributed by atoms with van der Waals surface area (Å²) >= 11 is 0. The number of nitrogens with zero attached hydrogens (tertiary/aromatic N) is 2. The van der Waals surface area contributed by atoms with Gasteiger partial charge in [-0.2, -0.15) is 0 Å². The van der Waals surface area contributed by atoms with E-state index in [1.54, 1.807) is 49.4 Å². The molecule has 2 heterocycles. The number of carbonyl (C=O) groups excluding carboxylic acids is 2. The van der Waals surface area contributed by atoms with Crippen LogP contribution in [0.1, 0.15) is 23.1 Å². The highest BCUT2D eigenvalue weighted by molar-refractivity contribution is 6.46. The second-order valence-corrected chi connectivity index (χ2v) is 7.37. The fourth-order valence-corrected chi connectivity index (χ4v) is 3.33. The molecule has 0 saturated carbocycles. The van der Waals surface area contributed by atoms with Gasteiger partial charge in [0, 0.05) is 18.7 Å². The lowest BCUT2D eigenvalue weighted by Crippen LogP contribution is -2.35. The van der Waals surface area contributed by atoms with Crippen LogP contribution in [0, 0.1) is 6.92 Å². The molecule has 1 aliphatic heterocycles. The Kier molecular flexibility index (Phi) is 6.42. The van der Waals surface area contributed by atoms with E-state index in [0.29, 0.717) is 42.5 Å². The van der Waals surface area contributed by atoms with Crippen LogP contribution in [-0.2, 0) is 9.59 Å². The number of furan rings is 1. The number of Topliss-reactive ketones (excluding diaryl/α,β-unsaturated/α-hetero) is 1. The zero-order valence-corrected chi connectivity index (χ0v) is 17.4. The molecule has 0 radical (unpaired) electrons. The van der Waals surface area contributed by atoms with Crippen LogP contribution in [-0.4, -0.2) is 60.4 Å². The number of ketones is 1. The fraction of sp³-hybridized carbons (Fsp3) is 0.304. The number of amides is 1. The van der Waals surface area contributed by atoms with Gasteiger partial charge in [0.1, 0.15) is 35.7 Å². The summed E-state index contributed by atoms with van der Waals surface area (Å²) in [6.07, 6.45) is 1.63. The molecule has 3 rings (SSSR count). The summed E-state index contributed by atoms with van der Waals surface area (Å²) in [6.45, 7) is 6.65. The van der Waals surface area contributed by atoms with Crippen LogP contribution in [0.15, 0.2) is 59.0 Å². The number of likely N-dealkylation sites (N-methyl/N-ethyl adjacent to an activating group) is 1. The van der Waals surface area contributed by atoms with E-state index in [1.807, 2.05) is 19.0 Å². The molecule has 0 aliphatic carbocycles. The van der Waals surface area contributed by atoms with Crippen molar-refractivity contribution in [2.24, 2.45) is 0 Å². The molecular formula is C23H26N2O5. The highest BCUT2D eigenvalue weighted by Gasteiger charge is 2.47. The largest absolute Gasteiger partial charge is 0.507 e. The quantitative estimate of drug-likeness (QED) is 0.312. The van der Waals surface area contributed by atoms with E-state index in [2.05, 4.69) is 6.58 Å². The molecule has 0 unspecified atom stereocenters. The Morgan fingerprint density at radius 3 is 2.50 bits per heavy atom. The molecule has 2 aromatic rings. The van der Waals surface area contributed by atoms with E-state index < -0.39 is 17.7 Å². The van der Waals surface area contributed by atoms with E-state index in [1.165, 1.54) is 4.90 Å². The molecule has 7 nitrogen and oxygen atoms in total. The van der Waals surface area contributed by atoms with Crippen LogP contribution in [0.4, 0.5) is 0 Å². The minimum atomic E-state index is -0.782. The lowest BCUT2D eigenvalue weighted by molar-refractivity contribution is -0.140. The van der Waals surface area contributed by atoms with E-state index in [-0.39, 0.29) is 11.3 Å². The first-order valence-corrected chi connectivity index (χ1v) is 9.67. The van der Waals surface area contributed by atoms with Crippen molar-refractivity contribution in [2.45, 2.75) is 13.0 Å². The highest BCUT2D eigenvalue weighted by Crippen LogP contribution is 2.40. The van der Waals surface area contributed by atoms with E-state index >= 15 is 0 Å². The number of rotatable bonds is 8. The van der Waals surface area contributed by atoms with Gasteiger partial charge in [0.05, 0.1) is 5.57 Å². The Labute approximate surface area is 175 Å². The Morgan fingerprint density at radius 2 is 1.93 bits per heavy atom. The average Bonchev–Trinajstić information content (AvgIpc) is 3.26. The summed E-state index contributed by atoms with van der Waals surface area (Å²) in [5.41, 5.74) is 0.438. The summed E-state index contributed by atoms with van der Waals surface area (Å²) in [5.74, 6) is 0.0941. The number of benzene rings is 1. The Bertz CT molecular complexity index is 972. The SMILES string of the molecule is C=CCOc1ccc(/C(O)=C2\C(=O)C(=O)N(CCN(C)C)[C@@H]2c2ccc(C)o2)cc1. The van der Waals surface area contributed by atoms with Gasteiger partial charge in [-0.25, -0.2) is 0 Å². The second kappa shape index (κ2) is 9.00. The van der Waals surface area contributed by atoms with Crippen LogP contribution < -0.4 is 4.74 Å². The molecule has 1 aliphatic rings. The first kappa shape index (κ1) is 21.4. The van der Waals surface area contributed by atoms with Gasteiger partial charge < -0.3 is 24.1 Å². The first-order valence-electron chi connectivity index (χ1n) is 9.67. The number of carbonyl (C=O) groups is 2. The normalized spacial score (nSPS) is 18.3. The van der Waals surface area contributed by atoms with Gasteiger partial charge in [0.25, 0.3) is 11.7 Å². The zero-order chi connectivity index (χ0) is 21.8. The van der Waals surface area contributed by atoms with Crippen molar-refractivity contribution in [1.82, 2.24) is 9.80 Å². The smallest absolute Gasteiger partial charge is 0.295 e. The maximum atomic E-state index is 12.9. The maximum absolute atomic E-state index is 12.9. The molecule has 1 aromatic heterocycles. The summed E-state index contributed by atoms with van der Waals surface area (Å²) < 4.78 is 11.2. The third-order valence-corrected chi connectivity index (χ3v) is 4.85. The third-order valence-electron chi connectivity index (χ3n) is 4.85. The third kappa shape index (κ3) is 4.31. The minimum absolute atomic E-state index is 0.0212. The molecule has 158 valence electrons. The van der Waals surface area contributed by atoms with Crippen molar-refractivity contribution >= 4 is 17.4 Å². The Balaban J connectivity index is 2.03. The summed E-state index contributed by atoms with van der Waals surface area (Å²) in [5, 5.41) is 11.0. The molecule has 1 fully saturated rings. The molecule has 0 bridgehead atoms. The van der Waals surface area contributed by atoms with Crippen molar-refractivity contribution in [1.29, 1.82) is 0 Å². The van der Waals surface area contributed by atoms with Gasteiger partial charge in [-0.3, -0.25) is 9.59 Å². The number of aryl methyl sites for hydroxylation is 1. The fourth-order valence-electron chi connectivity index (χ4n) is 3.33. The standard InChI is InChI=1S/C23H26N2O5/c1-5-14-29-17-9-7-16(8-10-17)21(26)19-20(18-11-6-15(2)30-18)25(13-12-24(3)4)23(28)22(19)27/h5-11,20,26H,1,12-14H2,2-4H3/b21-19+/t20-/m1/s1.